The van der Waals surface area contributed by atoms with Crippen molar-refractivity contribution in [3.8, 4) is 0 Å². The first-order valence-corrected chi connectivity index (χ1v) is 6.50. The summed E-state index contributed by atoms with van der Waals surface area (Å²) in [6.07, 6.45) is 3.33. The van der Waals surface area contributed by atoms with Gasteiger partial charge in [0.2, 0.25) is 0 Å². The Bertz CT molecular complexity index is 408. The lowest BCUT2D eigenvalue weighted by Crippen LogP contribution is -2.34. The predicted molar refractivity (Wildman–Crippen MR) is 69.5 cm³/mol. The number of ether oxygens (including phenoxy) is 2. The summed E-state index contributed by atoms with van der Waals surface area (Å²) in [6, 6.07) is 3.90. The molecule has 0 amide bonds. The molecule has 1 atom stereocenters. The Morgan fingerprint density at radius 2 is 2.21 bits per heavy atom. The van der Waals surface area contributed by atoms with E-state index in [0.717, 1.165) is 31.9 Å². The van der Waals surface area contributed by atoms with Crippen LogP contribution in [0.4, 0.5) is 4.39 Å². The Morgan fingerprint density at radius 3 is 2.89 bits per heavy atom. The maximum atomic E-state index is 13.0. The van der Waals surface area contributed by atoms with E-state index < -0.39 is 12.9 Å². The van der Waals surface area contributed by atoms with Gasteiger partial charge in [-0.25, -0.2) is 4.39 Å². The number of halogens is 1. The van der Waals surface area contributed by atoms with Gasteiger partial charge >= 0.3 is 7.12 Å². The maximum Gasteiger partial charge on any atom is 0.488 e. The Morgan fingerprint density at radius 1 is 1.37 bits per heavy atom. The average molecular weight is 268 g/mol. The summed E-state index contributed by atoms with van der Waals surface area (Å²) in [5.74, 6) is -0.498. The molecule has 0 saturated carbocycles. The monoisotopic (exact) mass is 268 g/mol. The van der Waals surface area contributed by atoms with Crippen molar-refractivity contribution >= 4 is 12.6 Å². The molecule has 0 aliphatic carbocycles. The fraction of sp³-hybridized carbons (Fsp3) is 0.538. The van der Waals surface area contributed by atoms with Crippen molar-refractivity contribution in [3.63, 3.8) is 0 Å². The first kappa shape index (κ1) is 14.5. The van der Waals surface area contributed by atoms with Crippen LogP contribution in [0.15, 0.2) is 18.2 Å². The predicted octanol–water partition coefficient (Wildman–Crippen LogP) is 0.591. The largest absolute Gasteiger partial charge is 0.488 e. The van der Waals surface area contributed by atoms with Gasteiger partial charge in [0.15, 0.2) is 0 Å². The summed E-state index contributed by atoms with van der Waals surface area (Å²) < 4.78 is 24.1. The van der Waals surface area contributed by atoms with Gasteiger partial charge in [0, 0.05) is 6.61 Å². The first-order valence-electron chi connectivity index (χ1n) is 6.50. The van der Waals surface area contributed by atoms with E-state index in [9.17, 15) is 14.4 Å². The van der Waals surface area contributed by atoms with Gasteiger partial charge in [-0.2, -0.15) is 0 Å². The second-order valence-electron chi connectivity index (χ2n) is 4.72. The van der Waals surface area contributed by atoms with Crippen molar-refractivity contribution in [1.29, 1.82) is 0 Å². The molecule has 19 heavy (non-hydrogen) atoms. The molecule has 0 aromatic heterocycles. The van der Waals surface area contributed by atoms with Crippen LogP contribution in [0.5, 0.6) is 0 Å². The van der Waals surface area contributed by atoms with Crippen LogP contribution in [-0.4, -0.2) is 36.5 Å². The minimum absolute atomic E-state index is 0.108. The fourth-order valence-corrected chi connectivity index (χ4v) is 2.18. The second-order valence-corrected chi connectivity index (χ2v) is 4.72. The molecular weight excluding hydrogens is 250 g/mol. The summed E-state index contributed by atoms with van der Waals surface area (Å²) >= 11 is 0. The summed E-state index contributed by atoms with van der Waals surface area (Å²) in [4.78, 5) is 0. The van der Waals surface area contributed by atoms with E-state index in [4.69, 9.17) is 9.47 Å². The van der Waals surface area contributed by atoms with Crippen LogP contribution in [0, 0.1) is 5.82 Å². The quantitative estimate of drug-likeness (QED) is 0.767. The second kappa shape index (κ2) is 7.00. The zero-order chi connectivity index (χ0) is 13.7. The van der Waals surface area contributed by atoms with E-state index in [-0.39, 0.29) is 18.2 Å². The Kier molecular flexibility index (Phi) is 5.33. The van der Waals surface area contributed by atoms with Gasteiger partial charge in [-0.1, -0.05) is 6.07 Å². The number of rotatable bonds is 5. The van der Waals surface area contributed by atoms with Gasteiger partial charge in [-0.05, 0) is 42.4 Å². The van der Waals surface area contributed by atoms with Crippen LogP contribution < -0.4 is 5.46 Å². The highest BCUT2D eigenvalue weighted by Crippen LogP contribution is 2.13. The number of benzene rings is 1. The highest BCUT2D eigenvalue weighted by Gasteiger charge is 2.18. The summed E-state index contributed by atoms with van der Waals surface area (Å²) in [7, 11) is -1.69. The minimum Gasteiger partial charge on any atom is -0.423 e. The molecule has 1 saturated heterocycles. The Labute approximate surface area is 112 Å². The normalized spacial score (nSPS) is 19.4. The van der Waals surface area contributed by atoms with Crippen LogP contribution in [0.3, 0.4) is 0 Å². The van der Waals surface area contributed by atoms with Crippen molar-refractivity contribution < 1.29 is 23.9 Å². The average Bonchev–Trinajstić information content (AvgIpc) is 2.41. The van der Waals surface area contributed by atoms with E-state index in [1.807, 2.05) is 0 Å². The molecule has 1 aliphatic rings. The molecule has 4 nitrogen and oxygen atoms in total. The van der Waals surface area contributed by atoms with Crippen molar-refractivity contribution in [2.75, 3.05) is 13.2 Å². The molecule has 1 aromatic carbocycles. The lowest BCUT2D eigenvalue weighted by atomic mass is 9.77. The highest BCUT2D eigenvalue weighted by molar-refractivity contribution is 6.59. The fourth-order valence-electron chi connectivity index (χ4n) is 2.18. The molecule has 0 spiro atoms. The molecule has 1 aromatic rings. The third kappa shape index (κ3) is 4.28. The first-order chi connectivity index (χ1) is 9.16. The zero-order valence-corrected chi connectivity index (χ0v) is 10.7. The molecule has 1 heterocycles. The van der Waals surface area contributed by atoms with Crippen molar-refractivity contribution in [1.82, 2.24) is 0 Å². The van der Waals surface area contributed by atoms with Crippen molar-refractivity contribution in [3.05, 3.63) is 29.6 Å². The van der Waals surface area contributed by atoms with Gasteiger partial charge < -0.3 is 19.5 Å². The van der Waals surface area contributed by atoms with E-state index in [2.05, 4.69) is 0 Å². The Hall–Kier alpha value is -0.945. The topological polar surface area (TPSA) is 58.9 Å². The number of hydrogen-bond donors (Lipinski definition) is 2. The van der Waals surface area contributed by atoms with Gasteiger partial charge in [0.25, 0.3) is 0 Å². The van der Waals surface area contributed by atoms with Crippen LogP contribution in [0.25, 0.3) is 0 Å². The Balaban J connectivity index is 1.88. The molecule has 1 aliphatic heterocycles. The lowest BCUT2D eigenvalue weighted by molar-refractivity contribution is -0.0446. The summed E-state index contributed by atoms with van der Waals surface area (Å²) in [5, 5.41) is 18.4. The van der Waals surface area contributed by atoms with Crippen molar-refractivity contribution in [2.24, 2.45) is 0 Å². The molecule has 1 fully saturated rings. The SMILES string of the molecule is OB(O)c1cc(F)ccc1COCC1CCCCO1. The van der Waals surface area contributed by atoms with E-state index >= 15 is 0 Å². The molecule has 1 unspecified atom stereocenters. The van der Waals surface area contributed by atoms with Crippen LogP contribution >= 0.6 is 0 Å². The maximum absolute atomic E-state index is 13.0. The van der Waals surface area contributed by atoms with E-state index in [1.54, 1.807) is 0 Å². The lowest BCUT2D eigenvalue weighted by Gasteiger charge is -2.22. The van der Waals surface area contributed by atoms with E-state index in [0.29, 0.717) is 12.2 Å². The van der Waals surface area contributed by atoms with Crippen molar-refractivity contribution in [2.45, 2.75) is 32.0 Å². The van der Waals surface area contributed by atoms with Crippen LogP contribution in [0.2, 0.25) is 0 Å². The smallest absolute Gasteiger partial charge is 0.423 e. The molecule has 6 heteroatoms. The third-order valence-corrected chi connectivity index (χ3v) is 3.22. The third-order valence-electron chi connectivity index (χ3n) is 3.22. The van der Waals surface area contributed by atoms with Gasteiger partial charge in [0.1, 0.15) is 5.82 Å². The zero-order valence-electron chi connectivity index (χ0n) is 10.7. The molecule has 0 radical (unpaired) electrons. The molecular formula is C13H18BFO4. The van der Waals surface area contributed by atoms with Gasteiger partial charge in [-0.3, -0.25) is 0 Å². The standard InChI is InChI=1S/C13H18BFO4/c15-11-5-4-10(13(7-11)14(16)17)8-18-9-12-3-1-2-6-19-12/h4-5,7,12,16-17H,1-3,6,8-9H2. The highest BCUT2D eigenvalue weighted by atomic mass is 19.1. The van der Waals surface area contributed by atoms with Crippen LogP contribution in [0.1, 0.15) is 24.8 Å². The van der Waals surface area contributed by atoms with Gasteiger partial charge in [0.05, 0.1) is 19.3 Å². The molecule has 2 rings (SSSR count). The minimum atomic E-state index is -1.69. The molecule has 104 valence electrons. The number of hydrogen-bond acceptors (Lipinski definition) is 4. The summed E-state index contributed by atoms with van der Waals surface area (Å²) in [6.45, 7) is 1.45. The molecule has 2 N–H and O–H groups in total. The van der Waals surface area contributed by atoms with Crippen LogP contribution in [-0.2, 0) is 16.1 Å². The van der Waals surface area contributed by atoms with E-state index in [1.165, 1.54) is 12.1 Å². The summed E-state index contributed by atoms with van der Waals surface area (Å²) in [5.41, 5.74) is 0.719. The van der Waals surface area contributed by atoms with Gasteiger partial charge in [-0.15, -0.1) is 0 Å². The molecule has 0 bridgehead atoms.